The van der Waals surface area contributed by atoms with Gasteiger partial charge in [0.1, 0.15) is 5.52 Å². The monoisotopic (exact) mass is 420 g/mol. The third-order valence-electron chi connectivity index (χ3n) is 5.60. The normalized spacial score (nSPS) is 17.6. The Morgan fingerprint density at radius 2 is 2.10 bits per heavy atom. The topological polar surface area (TPSA) is 68.8 Å². The molecule has 1 aromatic carbocycles. The second-order valence-electron chi connectivity index (χ2n) is 7.65. The van der Waals surface area contributed by atoms with Crippen molar-refractivity contribution in [1.82, 2.24) is 29.7 Å². The van der Waals surface area contributed by atoms with E-state index < -0.39 is 11.7 Å². The van der Waals surface area contributed by atoms with E-state index in [1.165, 1.54) is 6.07 Å². The van der Waals surface area contributed by atoms with Gasteiger partial charge in [0.2, 0.25) is 0 Å². The Morgan fingerprint density at radius 3 is 2.83 bits per heavy atom. The van der Waals surface area contributed by atoms with Gasteiger partial charge in [-0.1, -0.05) is 12.1 Å². The first kappa shape index (κ1) is 20.4. The van der Waals surface area contributed by atoms with E-state index in [2.05, 4.69) is 22.3 Å². The number of benzene rings is 1. The molecule has 2 aromatic heterocycles. The summed E-state index contributed by atoms with van der Waals surface area (Å²) in [5, 5.41) is 12.3. The molecule has 0 bridgehead atoms. The molecule has 4 rings (SSSR count). The third-order valence-corrected chi connectivity index (χ3v) is 5.60. The Hall–Kier alpha value is -2.91. The summed E-state index contributed by atoms with van der Waals surface area (Å²) in [6, 6.07) is 3.31. The van der Waals surface area contributed by atoms with Crippen LogP contribution in [0.25, 0.3) is 11.0 Å². The molecule has 30 heavy (non-hydrogen) atoms. The molecule has 7 nitrogen and oxygen atoms in total. The number of amides is 1. The summed E-state index contributed by atoms with van der Waals surface area (Å²) in [5.41, 5.74) is 1.42. The van der Waals surface area contributed by atoms with E-state index in [1.807, 2.05) is 11.6 Å². The molecule has 1 aliphatic heterocycles. The molecule has 0 saturated carbocycles. The van der Waals surface area contributed by atoms with Crippen LogP contribution >= 0.6 is 0 Å². The second-order valence-corrected chi connectivity index (χ2v) is 7.65. The van der Waals surface area contributed by atoms with Gasteiger partial charge in [-0.15, -0.1) is 5.10 Å². The number of carbonyl (C=O) groups excluding carboxylic acids is 1. The van der Waals surface area contributed by atoms with E-state index in [0.29, 0.717) is 24.2 Å². The number of carbonyl (C=O) groups is 1. The number of likely N-dealkylation sites (tertiary alicyclic amines) is 1. The highest BCUT2D eigenvalue weighted by Gasteiger charge is 2.32. The number of aryl methyl sites for hydroxylation is 1. The predicted octanol–water partition coefficient (Wildman–Crippen LogP) is 3.84. The number of rotatable bonds is 4. The first-order valence-corrected chi connectivity index (χ1v) is 10.0. The van der Waals surface area contributed by atoms with Crippen LogP contribution in [0.3, 0.4) is 0 Å². The van der Waals surface area contributed by atoms with Crippen molar-refractivity contribution in [2.45, 2.75) is 51.9 Å². The zero-order chi connectivity index (χ0) is 21.5. The molecule has 0 radical (unpaired) electrons. The number of hydrogen-bond donors (Lipinski definition) is 0. The van der Waals surface area contributed by atoms with Crippen LogP contribution in [0.5, 0.6) is 0 Å². The van der Waals surface area contributed by atoms with Crippen LogP contribution < -0.4 is 0 Å². The first-order chi connectivity index (χ1) is 14.3. The summed E-state index contributed by atoms with van der Waals surface area (Å²) in [4.78, 5) is 14.8. The van der Waals surface area contributed by atoms with Gasteiger partial charge in [0.05, 0.1) is 28.9 Å². The van der Waals surface area contributed by atoms with Gasteiger partial charge >= 0.3 is 6.18 Å². The van der Waals surface area contributed by atoms with Gasteiger partial charge in [0, 0.05) is 25.3 Å². The number of halogens is 3. The van der Waals surface area contributed by atoms with Gasteiger partial charge in [0.25, 0.3) is 5.91 Å². The van der Waals surface area contributed by atoms with Crippen molar-refractivity contribution in [2.24, 2.45) is 0 Å². The molecule has 3 heterocycles. The minimum absolute atomic E-state index is 0.0802. The van der Waals surface area contributed by atoms with E-state index in [-0.39, 0.29) is 17.5 Å². The highest BCUT2D eigenvalue weighted by molar-refractivity contribution is 5.95. The molecule has 0 N–H and O–H groups in total. The van der Waals surface area contributed by atoms with E-state index in [9.17, 15) is 18.0 Å². The summed E-state index contributed by atoms with van der Waals surface area (Å²) >= 11 is 0. The van der Waals surface area contributed by atoms with Crippen molar-refractivity contribution in [3.05, 3.63) is 41.2 Å². The lowest BCUT2D eigenvalue weighted by Gasteiger charge is -2.32. The maximum atomic E-state index is 13.1. The third kappa shape index (κ3) is 3.66. The quantitative estimate of drug-likeness (QED) is 0.643. The van der Waals surface area contributed by atoms with Gasteiger partial charge in [0.15, 0.2) is 0 Å². The Balaban J connectivity index is 1.56. The standard InChI is InChI=1S/C20H23F3N6O/c1-3-8-28-13(2)16(11-24-28)19(30)27-9-4-5-15(12-27)29-18-7-6-14(20(21,22)23)10-17(18)25-26-29/h6-7,10-11,15H,3-5,8-9,12H2,1-2H3/t15-/m1/s1. The molecule has 1 atom stereocenters. The van der Waals surface area contributed by atoms with Crippen molar-refractivity contribution in [3.63, 3.8) is 0 Å². The van der Waals surface area contributed by atoms with Crippen LogP contribution in [0.4, 0.5) is 13.2 Å². The Morgan fingerprint density at radius 1 is 1.30 bits per heavy atom. The lowest BCUT2D eigenvalue weighted by Crippen LogP contribution is -2.41. The molecule has 0 aliphatic carbocycles. The van der Waals surface area contributed by atoms with Crippen LogP contribution in [0, 0.1) is 6.92 Å². The fraction of sp³-hybridized carbons (Fsp3) is 0.500. The zero-order valence-electron chi connectivity index (χ0n) is 16.9. The van der Waals surface area contributed by atoms with Crippen LogP contribution in [0.1, 0.15) is 53.8 Å². The molecule has 1 aliphatic rings. The lowest BCUT2D eigenvalue weighted by atomic mass is 10.0. The fourth-order valence-corrected chi connectivity index (χ4v) is 3.99. The molecule has 10 heteroatoms. The molecule has 1 fully saturated rings. The summed E-state index contributed by atoms with van der Waals surface area (Å²) in [5.74, 6) is -0.0802. The van der Waals surface area contributed by atoms with Crippen molar-refractivity contribution in [1.29, 1.82) is 0 Å². The molecule has 1 amide bonds. The molecule has 0 unspecified atom stereocenters. The van der Waals surface area contributed by atoms with E-state index >= 15 is 0 Å². The molecule has 160 valence electrons. The highest BCUT2D eigenvalue weighted by atomic mass is 19.4. The van der Waals surface area contributed by atoms with Crippen LogP contribution in [0.15, 0.2) is 24.4 Å². The maximum Gasteiger partial charge on any atom is 0.416 e. The molecule has 3 aromatic rings. The molecular formula is C20H23F3N6O. The first-order valence-electron chi connectivity index (χ1n) is 10.0. The van der Waals surface area contributed by atoms with Gasteiger partial charge in [-0.25, -0.2) is 4.68 Å². The van der Waals surface area contributed by atoms with Crippen molar-refractivity contribution in [3.8, 4) is 0 Å². The number of alkyl halides is 3. The zero-order valence-corrected chi connectivity index (χ0v) is 16.9. The Bertz CT molecular complexity index is 1070. The minimum atomic E-state index is -4.42. The van der Waals surface area contributed by atoms with Gasteiger partial charge < -0.3 is 4.90 Å². The SMILES string of the molecule is CCCn1ncc(C(=O)N2CCC[C@@H](n3nnc4cc(C(F)(F)F)ccc43)C2)c1C. The van der Waals surface area contributed by atoms with Crippen LogP contribution in [0.2, 0.25) is 0 Å². The average Bonchev–Trinajstić information content (AvgIpc) is 3.31. The molecule has 0 spiro atoms. The van der Waals surface area contributed by atoms with E-state index in [4.69, 9.17) is 0 Å². The Labute approximate surface area is 171 Å². The van der Waals surface area contributed by atoms with Crippen molar-refractivity contribution >= 4 is 16.9 Å². The smallest absolute Gasteiger partial charge is 0.336 e. The van der Waals surface area contributed by atoms with Gasteiger partial charge in [-0.2, -0.15) is 18.3 Å². The summed E-state index contributed by atoms with van der Waals surface area (Å²) in [6.45, 7) is 5.75. The van der Waals surface area contributed by atoms with Crippen LogP contribution in [-0.4, -0.2) is 48.7 Å². The van der Waals surface area contributed by atoms with E-state index in [0.717, 1.165) is 43.6 Å². The number of fused-ring (bicyclic) bond motifs is 1. The Kier molecular flexibility index (Phi) is 5.25. The number of hydrogen-bond acceptors (Lipinski definition) is 4. The predicted molar refractivity (Wildman–Crippen MR) is 104 cm³/mol. The van der Waals surface area contributed by atoms with E-state index in [1.54, 1.807) is 15.8 Å². The maximum absolute atomic E-state index is 13.1. The minimum Gasteiger partial charge on any atom is -0.336 e. The summed E-state index contributed by atoms with van der Waals surface area (Å²) in [7, 11) is 0. The van der Waals surface area contributed by atoms with Crippen molar-refractivity contribution in [2.75, 3.05) is 13.1 Å². The van der Waals surface area contributed by atoms with Gasteiger partial charge in [-0.05, 0) is 44.4 Å². The molecular weight excluding hydrogens is 397 g/mol. The number of nitrogens with zero attached hydrogens (tertiary/aromatic N) is 6. The number of aromatic nitrogens is 5. The number of piperidine rings is 1. The second kappa shape index (κ2) is 7.73. The lowest BCUT2D eigenvalue weighted by molar-refractivity contribution is -0.137. The largest absolute Gasteiger partial charge is 0.416 e. The van der Waals surface area contributed by atoms with Crippen LogP contribution in [-0.2, 0) is 12.7 Å². The molecule has 1 saturated heterocycles. The summed E-state index contributed by atoms with van der Waals surface area (Å²) < 4.78 is 42.3. The van der Waals surface area contributed by atoms with Gasteiger partial charge in [-0.3, -0.25) is 9.48 Å². The van der Waals surface area contributed by atoms with Crippen molar-refractivity contribution < 1.29 is 18.0 Å². The fourth-order valence-electron chi connectivity index (χ4n) is 3.99. The highest BCUT2D eigenvalue weighted by Crippen LogP contribution is 2.32. The average molecular weight is 420 g/mol. The summed E-state index contributed by atoms with van der Waals surface area (Å²) in [6.07, 6.45) is -0.332.